The highest BCUT2D eigenvalue weighted by Gasteiger charge is 2.44. The zero-order valence-corrected chi connectivity index (χ0v) is 11.0. The molecule has 6 heteroatoms. The smallest absolute Gasteiger partial charge is 0.329 e. The second-order valence-electron chi connectivity index (χ2n) is 4.58. The first kappa shape index (κ1) is 12.3. The Morgan fingerprint density at radius 1 is 1.65 bits per heavy atom. The molecule has 1 unspecified atom stereocenters. The lowest BCUT2D eigenvalue weighted by molar-refractivity contribution is -0.142. The third kappa shape index (κ3) is 2.13. The molecular weight excluding hydrogens is 238 g/mol. The van der Waals surface area contributed by atoms with Crippen LogP contribution >= 0.6 is 11.5 Å². The van der Waals surface area contributed by atoms with Gasteiger partial charge in [-0.2, -0.15) is 4.37 Å². The van der Waals surface area contributed by atoms with Crippen molar-refractivity contribution in [2.75, 3.05) is 11.4 Å². The molecule has 0 aliphatic carbocycles. The van der Waals surface area contributed by atoms with Gasteiger partial charge in [0.15, 0.2) is 0 Å². The Morgan fingerprint density at radius 3 is 3.06 bits per heavy atom. The maximum atomic E-state index is 11.4. The van der Waals surface area contributed by atoms with Gasteiger partial charge in [0.1, 0.15) is 11.4 Å². The summed E-state index contributed by atoms with van der Waals surface area (Å²) in [5.41, 5.74) is -0.816. The van der Waals surface area contributed by atoms with Crippen molar-refractivity contribution in [2.45, 2.75) is 45.1 Å². The standard InChI is InChI=1S/C11H17N3O2S/c1-3-5-8-12-10(17-13-8)14-7-4-6-11(14,2)9(15)16/h3-7H2,1-2H3,(H,15,16). The van der Waals surface area contributed by atoms with E-state index in [1.807, 2.05) is 4.90 Å². The molecule has 2 rings (SSSR count). The molecule has 1 fully saturated rings. The van der Waals surface area contributed by atoms with E-state index in [1.165, 1.54) is 11.5 Å². The molecule has 0 spiro atoms. The molecule has 0 aromatic carbocycles. The summed E-state index contributed by atoms with van der Waals surface area (Å²) in [5, 5.41) is 10.1. The van der Waals surface area contributed by atoms with Crippen LogP contribution in [0.25, 0.3) is 0 Å². The Morgan fingerprint density at radius 2 is 2.41 bits per heavy atom. The zero-order valence-electron chi connectivity index (χ0n) is 10.1. The SMILES string of the molecule is CCCc1nsc(N2CCCC2(C)C(=O)O)n1. The minimum absolute atomic E-state index is 0.672. The van der Waals surface area contributed by atoms with Gasteiger partial charge >= 0.3 is 5.97 Å². The maximum Gasteiger partial charge on any atom is 0.329 e. The summed E-state index contributed by atoms with van der Waals surface area (Å²) in [5.74, 6) is 0.0504. The minimum Gasteiger partial charge on any atom is -0.480 e. The normalized spacial score (nSPS) is 24.2. The quantitative estimate of drug-likeness (QED) is 0.890. The van der Waals surface area contributed by atoms with Crippen molar-refractivity contribution in [1.29, 1.82) is 0 Å². The largest absolute Gasteiger partial charge is 0.480 e. The first-order chi connectivity index (χ1) is 8.08. The van der Waals surface area contributed by atoms with Crippen molar-refractivity contribution in [1.82, 2.24) is 9.36 Å². The summed E-state index contributed by atoms with van der Waals surface area (Å²) in [6.07, 6.45) is 3.43. The van der Waals surface area contributed by atoms with Gasteiger partial charge in [0.25, 0.3) is 0 Å². The van der Waals surface area contributed by atoms with Crippen LogP contribution < -0.4 is 4.90 Å². The summed E-state index contributed by atoms with van der Waals surface area (Å²) in [4.78, 5) is 17.7. The fraction of sp³-hybridized carbons (Fsp3) is 0.727. The lowest BCUT2D eigenvalue weighted by atomic mass is 10.00. The molecule has 17 heavy (non-hydrogen) atoms. The zero-order chi connectivity index (χ0) is 12.5. The summed E-state index contributed by atoms with van der Waals surface area (Å²) in [6.45, 7) is 4.60. The van der Waals surface area contributed by atoms with Crippen LogP contribution in [0.2, 0.25) is 0 Å². The van der Waals surface area contributed by atoms with E-state index in [0.717, 1.165) is 36.8 Å². The second kappa shape index (κ2) is 4.60. The number of rotatable bonds is 4. The van der Waals surface area contributed by atoms with Crippen molar-refractivity contribution in [3.63, 3.8) is 0 Å². The summed E-state index contributed by atoms with van der Waals surface area (Å²) >= 11 is 1.31. The Labute approximate surface area is 105 Å². The van der Waals surface area contributed by atoms with E-state index in [4.69, 9.17) is 0 Å². The highest BCUT2D eigenvalue weighted by molar-refractivity contribution is 7.09. The van der Waals surface area contributed by atoms with Gasteiger partial charge in [-0.3, -0.25) is 0 Å². The molecule has 2 heterocycles. The van der Waals surface area contributed by atoms with Crippen LogP contribution in [0.3, 0.4) is 0 Å². The number of carboxylic acids is 1. The highest BCUT2D eigenvalue weighted by atomic mass is 32.1. The van der Waals surface area contributed by atoms with Gasteiger partial charge in [-0.15, -0.1) is 0 Å². The van der Waals surface area contributed by atoms with E-state index >= 15 is 0 Å². The van der Waals surface area contributed by atoms with E-state index in [1.54, 1.807) is 6.92 Å². The fourth-order valence-electron chi connectivity index (χ4n) is 2.17. The van der Waals surface area contributed by atoms with Crippen LogP contribution in [0.1, 0.15) is 38.9 Å². The molecule has 1 saturated heterocycles. The van der Waals surface area contributed by atoms with Crippen molar-refractivity contribution in [2.24, 2.45) is 0 Å². The van der Waals surface area contributed by atoms with Crippen molar-refractivity contribution >= 4 is 22.6 Å². The minimum atomic E-state index is -0.816. The summed E-state index contributed by atoms with van der Waals surface area (Å²) in [6, 6.07) is 0. The molecule has 1 aliphatic heterocycles. The number of anilines is 1. The van der Waals surface area contributed by atoms with Gasteiger partial charge in [-0.05, 0) is 26.2 Å². The first-order valence-electron chi connectivity index (χ1n) is 5.91. The Bertz CT molecular complexity index is 421. The molecule has 1 N–H and O–H groups in total. The maximum absolute atomic E-state index is 11.4. The summed E-state index contributed by atoms with van der Waals surface area (Å²) in [7, 11) is 0. The van der Waals surface area contributed by atoms with Gasteiger partial charge in [0, 0.05) is 24.5 Å². The van der Waals surface area contributed by atoms with Crippen LogP contribution in [0.5, 0.6) is 0 Å². The topological polar surface area (TPSA) is 66.3 Å². The number of nitrogens with zero attached hydrogens (tertiary/aromatic N) is 3. The lowest BCUT2D eigenvalue weighted by Gasteiger charge is -2.30. The monoisotopic (exact) mass is 255 g/mol. The average molecular weight is 255 g/mol. The Kier molecular flexibility index (Phi) is 3.33. The van der Waals surface area contributed by atoms with Gasteiger partial charge < -0.3 is 10.0 Å². The number of aliphatic carboxylic acids is 1. The van der Waals surface area contributed by atoms with Crippen molar-refractivity contribution < 1.29 is 9.90 Å². The average Bonchev–Trinajstić information content (AvgIpc) is 2.86. The number of hydrogen-bond donors (Lipinski definition) is 1. The molecule has 1 atom stereocenters. The highest BCUT2D eigenvalue weighted by Crippen LogP contribution is 2.35. The molecule has 5 nitrogen and oxygen atoms in total. The Hall–Kier alpha value is -1.17. The number of aromatic nitrogens is 2. The lowest BCUT2D eigenvalue weighted by Crippen LogP contribution is -2.48. The first-order valence-corrected chi connectivity index (χ1v) is 6.69. The van der Waals surface area contributed by atoms with Gasteiger partial charge in [-0.25, -0.2) is 9.78 Å². The third-order valence-electron chi connectivity index (χ3n) is 3.26. The van der Waals surface area contributed by atoms with E-state index in [-0.39, 0.29) is 0 Å². The van der Waals surface area contributed by atoms with Gasteiger partial charge in [-0.1, -0.05) is 6.92 Å². The second-order valence-corrected chi connectivity index (χ2v) is 5.31. The fourth-order valence-corrected chi connectivity index (χ4v) is 3.03. The van der Waals surface area contributed by atoms with E-state index < -0.39 is 11.5 Å². The number of hydrogen-bond acceptors (Lipinski definition) is 5. The molecule has 0 bridgehead atoms. The van der Waals surface area contributed by atoms with Crippen molar-refractivity contribution in [3.05, 3.63) is 5.82 Å². The van der Waals surface area contributed by atoms with E-state index in [9.17, 15) is 9.90 Å². The molecule has 0 radical (unpaired) electrons. The number of carboxylic acid groups (broad SMARTS) is 1. The Balaban J connectivity index is 2.23. The van der Waals surface area contributed by atoms with Crippen LogP contribution in [0, 0.1) is 0 Å². The predicted octanol–water partition coefficient (Wildman–Crippen LogP) is 1.93. The van der Waals surface area contributed by atoms with E-state index in [2.05, 4.69) is 16.3 Å². The van der Waals surface area contributed by atoms with Crippen LogP contribution in [0.4, 0.5) is 5.13 Å². The summed E-state index contributed by atoms with van der Waals surface area (Å²) < 4.78 is 4.27. The number of aryl methyl sites for hydroxylation is 1. The molecule has 1 aromatic rings. The molecule has 0 saturated carbocycles. The molecule has 1 aliphatic rings. The predicted molar refractivity (Wildman–Crippen MR) is 66.5 cm³/mol. The van der Waals surface area contributed by atoms with E-state index in [0.29, 0.717) is 6.42 Å². The van der Waals surface area contributed by atoms with Gasteiger partial charge in [0.05, 0.1) is 0 Å². The third-order valence-corrected chi connectivity index (χ3v) is 4.04. The van der Waals surface area contributed by atoms with Crippen LogP contribution in [0.15, 0.2) is 0 Å². The van der Waals surface area contributed by atoms with Gasteiger partial charge in [0.2, 0.25) is 5.13 Å². The van der Waals surface area contributed by atoms with Crippen molar-refractivity contribution in [3.8, 4) is 0 Å². The molecule has 0 amide bonds. The van der Waals surface area contributed by atoms with Crippen LogP contribution in [-0.2, 0) is 11.2 Å². The molecule has 94 valence electrons. The van der Waals surface area contributed by atoms with Crippen LogP contribution in [-0.4, -0.2) is 32.5 Å². The molecular formula is C11H17N3O2S. The molecule has 1 aromatic heterocycles. The number of carbonyl (C=O) groups is 1.